The van der Waals surface area contributed by atoms with Gasteiger partial charge in [-0.1, -0.05) is 29.8 Å². The minimum absolute atomic E-state index is 0.0324. The summed E-state index contributed by atoms with van der Waals surface area (Å²) in [5.41, 5.74) is 0.885. The molecule has 1 amide bonds. The highest BCUT2D eigenvalue weighted by Gasteiger charge is 2.36. The number of carbonyl (C=O) groups excluding carboxylic acids is 1. The summed E-state index contributed by atoms with van der Waals surface area (Å²) in [4.78, 5) is 39.9. The van der Waals surface area contributed by atoms with Crippen LogP contribution in [0.3, 0.4) is 0 Å². The number of rotatable bonds is 7. The number of amides is 1. The highest BCUT2D eigenvalue weighted by Crippen LogP contribution is 2.26. The molecule has 1 saturated heterocycles. The number of nitrogens with one attached hydrogen (secondary N) is 2. The molecule has 2 unspecified atom stereocenters. The number of hydrogen-bond acceptors (Lipinski definition) is 8. The van der Waals surface area contributed by atoms with Gasteiger partial charge in [-0.15, -0.1) is 11.6 Å². The lowest BCUT2D eigenvalue weighted by Gasteiger charge is -2.39. The van der Waals surface area contributed by atoms with Crippen molar-refractivity contribution in [2.75, 3.05) is 48.1 Å². The number of nitrogens with zero attached hydrogens (tertiary/aromatic N) is 5. The van der Waals surface area contributed by atoms with Gasteiger partial charge in [0.2, 0.25) is 23.8 Å². The smallest absolute Gasteiger partial charge is 0.328 e. The number of alkyl halides is 1. The van der Waals surface area contributed by atoms with E-state index < -0.39 is 17.9 Å². The third-order valence-corrected chi connectivity index (χ3v) is 5.52. The molecule has 10 nitrogen and oxygen atoms in total. The fourth-order valence-corrected chi connectivity index (χ4v) is 3.78. The van der Waals surface area contributed by atoms with E-state index in [1.54, 1.807) is 18.0 Å². The Morgan fingerprint density at radius 2 is 1.94 bits per heavy atom. The number of carbonyl (C=O) groups is 2. The molecule has 2 atom stereocenters. The maximum atomic E-state index is 12.0. The van der Waals surface area contributed by atoms with E-state index in [2.05, 4.69) is 25.6 Å². The van der Waals surface area contributed by atoms with Gasteiger partial charge in [-0.05, 0) is 18.6 Å². The number of carboxylic acid groups (broad SMARTS) is 1. The lowest BCUT2D eigenvalue weighted by Crippen LogP contribution is -2.59. The Morgan fingerprint density at radius 1 is 1.23 bits per heavy atom. The highest BCUT2D eigenvalue weighted by atomic mass is 35.5. The molecule has 1 aliphatic rings. The summed E-state index contributed by atoms with van der Waals surface area (Å²) in [6.07, 6.45) is 0. The topological polar surface area (TPSA) is 124 Å². The summed E-state index contributed by atoms with van der Waals surface area (Å²) in [7, 11) is 1.68. The van der Waals surface area contributed by atoms with Crippen molar-refractivity contribution in [2.45, 2.75) is 19.0 Å². The predicted molar refractivity (Wildman–Crippen MR) is 119 cm³/mol. The molecule has 1 aromatic heterocycles. The van der Waals surface area contributed by atoms with Gasteiger partial charge in [-0.3, -0.25) is 4.79 Å². The number of anilines is 3. The monoisotopic (exact) mass is 467 g/mol. The fourth-order valence-electron chi connectivity index (χ4n) is 3.33. The summed E-state index contributed by atoms with van der Waals surface area (Å²) in [6, 6.07) is 6.23. The summed E-state index contributed by atoms with van der Waals surface area (Å²) in [5, 5.41) is 16.3. The van der Waals surface area contributed by atoms with E-state index in [1.165, 1.54) is 4.90 Å². The molecule has 2 aromatic rings. The summed E-state index contributed by atoms with van der Waals surface area (Å²) in [6.45, 7) is 2.52. The zero-order chi connectivity index (χ0) is 22.5. The highest BCUT2D eigenvalue weighted by molar-refractivity contribution is 6.31. The molecule has 0 saturated carbocycles. The van der Waals surface area contributed by atoms with Gasteiger partial charge in [0.15, 0.2) is 0 Å². The minimum atomic E-state index is -1.11. The third-order valence-electron chi connectivity index (χ3n) is 4.95. The van der Waals surface area contributed by atoms with Crippen molar-refractivity contribution in [1.82, 2.24) is 19.9 Å². The second-order valence-electron chi connectivity index (χ2n) is 6.94. The molecule has 0 spiro atoms. The zero-order valence-corrected chi connectivity index (χ0v) is 18.6. The maximum Gasteiger partial charge on any atom is 0.328 e. The summed E-state index contributed by atoms with van der Waals surface area (Å²) < 4.78 is 0. The van der Waals surface area contributed by atoms with Crippen LogP contribution in [0.4, 0.5) is 17.8 Å². The van der Waals surface area contributed by atoms with Gasteiger partial charge >= 0.3 is 5.97 Å². The number of piperazine rings is 1. The molecule has 0 radical (unpaired) electrons. The number of benzene rings is 1. The van der Waals surface area contributed by atoms with Gasteiger partial charge in [0.1, 0.15) is 11.9 Å². The van der Waals surface area contributed by atoms with Crippen LogP contribution in [0, 0.1) is 0 Å². The van der Waals surface area contributed by atoms with Crippen molar-refractivity contribution >= 4 is 52.9 Å². The van der Waals surface area contributed by atoms with Crippen LogP contribution in [0.1, 0.15) is 18.5 Å². The molecule has 2 heterocycles. The van der Waals surface area contributed by atoms with Gasteiger partial charge < -0.3 is 25.5 Å². The van der Waals surface area contributed by atoms with Crippen LogP contribution in [0.5, 0.6) is 0 Å². The van der Waals surface area contributed by atoms with Gasteiger partial charge in [-0.25, -0.2) is 4.79 Å². The molecule has 0 aliphatic carbocycles. The van der Waals surface area contributed by atoms with Crippen molar-refractivity contribution in [3.8, 4) is 0 Å². The first-order valence-electron chi connectivity index (χ1n) is 9.62. The van der Waals surface area contributed by atoms with Crippen LogP contribution < -0.4 is 15.5 Å². The summed E-state index contributed by atoms with van der Waals surface area (Å²) >= 11 is 11.9. The Bertz CT molecular complexity index is 962. The van der Waals surface area contributed by atoms with Gasteiger partial charge in [0.25, 0.3) is 0 Å². The van der Waals surface area contributed by atoms with Crippen molar-refractivity contribution < 1.29 is 14.7 Å². The first-order valence-corrected chi connectivity index (χ1v) is 10.5. The molecule has 3 N–H and O–H groups in total. The standard InChI is InChI=1S/C19H23Cl2N7O3/c1-11(12-5-3-4-6-13(12)21)23-18-24-17(22-2)25-19(26-18)27-7-8-28(15(29)9-20)14(10-27)16(30)31/h3-6,11,14H,7-10H2,1-2H3,(H,30,31)(H2,22,23,24,25,26). The normalized spacial score (nSPS) is 17.2. The van der Waals surface area contributed by atoms with Crippen molar-refractivity contribution in [3.05, 3.63) is 34.9 Å². The van der Waals surface area contributed by atoms with E-state index >= 15 is 0 Å². The molecule has 3 rings (SSSR count). The number of aromatic nitrogens is 3. The van der Waals surface area contributed by atoms with Crippen LogP contribution in [-0.2, 0) is 9.59 Å². The van der Waals surface area contributed by atoms with Crippen LogP contribution in [0.25, 0.3) is 0 Å². The van der Waals surface area contributed by atoms with Crippen LogP contribution >= 0.6 is 23.2 Å². The Labute approximate surface area is 189 Å². The van der Waals surface area contributed by atoms with Crippen molar-refractivity contribution in [1.29, 1.82) is 0 Å². The van der Waals surface area contributed by atoms with Gasteiger partial charge in [-0.2, -0.15) is 15.0 Å². The average Bonchev–Trinajstić information content (AvgIpc) is 2.78. The second-order valence-corrected chi connectivity index (χ2v) is 7.62. The molecule has 1 fully saturated rings. The fraction of sp³-hybridized carbons (Fsp3) is 0.421. The second kappa shape index (κ2) is 9.97. The first-order chi connectivity index (χ1) is 14.8. The quantitative estimate of drug-likeness (QED) is 0.524. The van der Waals surface area contributed by atoms with E-state index in [-0.39, 0.29) is 25.0 Å². The number of halogens is 2. The average molecular weight is 468 g/mol. The summed E-state index contributed by atoms with van der Waals surface area (Å²) in [5.74, 6) is -0.865. The van der Waals surface area contributed by atoms with Crippen molar-refractivity contribution in [2.24, 2.45) is 0 Å². The zero-order valence-electron chi connectivity index (χ0n) is 17.0. The van der Waals surface area contributed by atoms with E-state index in [4.69, 9.17) is 23.2 Å². The molecule has 12 heteroatoms. The first kappa shape index (κ1) is 22.8. The number of carboxylic acids is 1. The molecule has 0 bridgehead atoms. The van der Waals surface area contributed by atoms with E-state index in [0.29, 0.717) is 29.4 Å². The Balaban J connectivity index is 1.84. The minimum Gasteiger partial charge on any atom is -0.480 e. The van der Waals surface area contributed by atoms with E-state index in [0.717, 1.165) is 5.56 Å². The Kier molecular flexibility index (Phi) is 7.34. The number of hydrogen-bond donors (Lipinski definition) is 3. The molecular formula is C19H23Cl2N7O3. The molecule has 166 valence electrons. The molecule has 1 aromatic carbocycles. The lowest BCUT2D eigenvalue weighted by atomic mass is 10.1. The maximum absolute atomic E-state index is 12.0. The molecule has 1 aliphatic heterocycles. The van der Waals surface area contributed by atoms with Gasteiger partial charge in [0.05, 0.1) is 12.6 Å². The van der Waals surface area contributed by atoms with Crippen LogP contribution in [0.15, 0.2) is 24.3 Å². The van der Waals surface area contributed by atoms with E-state index in [1.807, 2.05) is 25.1 Å². The van der Waals surface area contributed by atoms with Gasteiger partial charge in [0, 0.05) is 25.2 Å². The third kappa shape index (κ3) is 5.26. The van der Waals surface area contributed by atoms with Crippen LogP contribution in [-0.4, -0.2) is 75.4 Å². The predicted octanol–water partition coefficient (Wildman–Crippen LogP) is 2.08. The van der Waals surface area contributed by atoms with E-state index in [9.17, 15) is 14.7 Å². The molecule has 31 heavy (non-hydrogen) atoms. The SMILES string of the molecule is CNc1nc(NC(C)c2ccccc2Cl)nc(N2CCN(C(=O)CCl)C(C(=O)O)C2)n1. The number of aliphatic carboxylic acids is 1. The largest absolute Gasteiger partial charge is 0.480 e. The van der Waals surface area contributed by atoms with Crippen LogP contribution in [0.2, 0.25) is 5.02 Å². The Hall–Kier alpha value is -2.85. The Morgan fingerprint density at radius 3 is 2.58 bits per heavy atom. The molecular weight excluding hydrogens is 445 g/mol. The lowest BCUT2D eigenvalue weighted by molar-refractivity contribution is -0.149. The van der Waals surface area contributed by atoms with Crippen molar-refractivity contribution in [3.63, 3.8) is 0 Å².